The number of carbonyl (C=O) groups excluding carboxylic acids is 1. The molecule has 0 unspecified atom stereocenters. The van der Waals surface area contributed by atoms with Crippen molar-refractivity contribution in [3.63, 3.8) is 0 Å². The van der Waals surface area contributed by atoms with E-state index in [4.69, 9.17) is 4.74 Å². The molecule has 0 spiro atoms. The van der Waals surface area contributed by atoms with Crippen LogP contribution in [0.25, 0.3) is 0 Å². The number of carbonyl (C=O) groups is 1. The Morgan fingerprint density at radius 1 is 1.22 bits per heavy atom. The topological polar surface area (TPSA) is 66.9 Å². The molecule has 1 rings (SSSR count). The number of rotatable bonds is 6. The van der Waals surface area contributed by atoms with E-state index in [1.54, 1.807) is 0 Å². The average molecular weight is 278 g/mol. The molecule has 1 aliphatic rings. The minimum Gasteiger partial charge on any atom is -0.465 e. The van der Waals surface area contributed by atoms with E-state index in [0.717, 1.165) is 12.8 Å². The maximum atomic E-state index is 11.5. The van der Waals surface area contributed by atoms with Crippen LogP contribution in [0.15, 0.2) is 0 Å². The minimum absolute atomic E-state index is 0.226. The van der Waals surface area contributed by atoms with Crippen LogP contribution in [0.1, 0.15) is 19.8 Å². The van der Waals surface area contributed by atoms with Crippen LogP contribution in [0.3, 0.4) is 0 Å². The number of esters is 1. The summed E-state index contributed by atoms with van der Waals surface area (Å²) in [6.45, 7) is 4.81. The molecule has 1 fully saturated rings. The van der Waals surface area contributed by atoms with Gasteiger partial charge in [-0.25, -0.2) is 8.42 Å². The van der Waals surface area contributed by atoms with Gasteiger partial charge in [-0.3, -0.25) is 9.69 Å². The number of hydrogen-bond donors (Lipinski definition) is 0. The predicted molar refractivity (Wildman–Crippen MR) is 68.7 cm³/mol. The molecule has 0 bridgehead atoms. The Balaban J connectivity index is 2.25. The Labute approximate surface area is 109 Å². The van der Waals surface area contributed by atoms with Crippen molar-refractivity contribution in [2.24, 2.45) is 0 Å². The van der Waals surface area contributed by atoms with Gasteiger partial charge in [0.25, 0.3) is 0 Å². The van der Waals surface area contributed by atoms with E-state index in [1.807, 2.05) is 11.8 Å². The summed E-state index contributed by atoms with van der Waals surface area (Å²) in [4.78, 5) is 13.4. The van der Waals surface area contributed by atoms with Crippen LogP contribution >= 0.6 is 0 Å². The normalized spacial score (nSPS) is 18.8. The number of ether oxygens (including phenoxy) is 1. The highest BCUT2D eigenvalue weighted by Crippen LogP contribution is 2.05. The third-order valence-electron chi connectivity index (χ3n) is 2.91. The van der Waals surface area contributed by atoms with Crippen LogP contribution in [0.5, 0.6) is 0 Å². The average Bonchev–Trinajstić information content (AvgIpc) is 2.29. The second kappa shape index (κ2) is 7.06. The molecule has 0 radical (unpaired) electrons. The van der Waals surface area contributed by atoms with Gasteiger partial charge in [-0.1, -0.05) is 13.3 Å². The number of unbranched alkanes of at least 4 members (excludes halogenated alkanes) is 1. The Morgan fingerprint density at radius 3 is 2.33 bits per heavy atom. The summed E-state index contributed by atoms with van der Waals surface area (Å²) in [6.07, 6.45) is 3.09. The Kier molecular flexibility index (Phi) is 6.04. The Bertz CT molecular complexity index is 361. The molecule has 6 nitrogen and oxygen atoms in total. The molecule has 0 saturated carbocycles. The second-order valence-electron chi connectivity index (χ2n) is 4.51. The van der Waals surface area contributed by atoms with Crippen molar-refractivity contribution in [2.75, 3.05) is 45.6 Å². The SMILES string of the molecule is CCCCOC(=O)CN1CCN(S(C)(=O)=O)CC1. The zero-order valence-electron chi connectivity index (χ0n) is 11.1. The molecule has 18 heavy (non-hydrogen) atoms. The number of piperazine rings is 1. The number of sulfonamides is 1. The van der Waals surface area contributed by atoms with E-state index in [1.165, 1.54) is 10.6 Å². The number of hydrogen-bond acceptors (Lipinski definition) is 5. The smallest absolute Gasteiger partial charge is 0.320 e. The van der Waals surface area contributed by atoms with Crippen molar-refractivity contribution < 1.29 is 17.9 Å². The van der Waals surface area contributed by atoms with Crippen molar-refractivity contribution in [1.82, 2.24) is 9.21 Å². The molecule has 1 aliphatic heterocycles. The molecule has 106 valence electrons. The van der Waals surface area contributed by atoms with Crippen LogP contribution in [0.2, 0.25) is 0 Å². The van der Waals surface area contributed by atoms with E-state index in [2.05, 4.69) is 0 Å². The molecule has 0 aliphatic carbocycles. The lowest BCUT2D eigenvalue weighted by molar-refractivity contribution is -0.145. The molecular weight excluding hydrogens is 256 g/mol. The van der Waals surface area contributed by atoms with E-state index >= 15 is 0 Å². The van der Waals surface area contributed by atoms with Crippen LogP contribution in [-0.4, -0.2) is 69.2 Å². The Hall–Kier alpha value is -0.660. The fraction of sp³-hybridized carbons (Fsp3) is 0.909. The van der Waals surface area contributed by atoms with Gasteiger partial charge in [0, 0.05) is 26.2 Å². The maximum absolute atomic E-state index is 11.5. The van der Waals surface area contributed by atoms with Gasteiger partial charge in [-0.2, -0.15) is 4.31 Å². The molecule has 0 aromatic carbocycles. The van der Waals surface area contributed by atoms with Crippen molar-refractivity contribution in [3.05, 3.63) is 0 Å². The quantitative estimate of drug-likeness (QED) is 0.502. The van der Waals surface area contributed by atoms with Crippen molar-refractivity contribution in [1.29, 1.82) is 0 Å². The summed E-state index contributed by atoms with van der Waals surface area (Å²) in [5.41, 5.74) is 0. The van der Waals surface area contributed by atoms with Gasteiger partial charge < -0.3 is 4.74 Å². The van der Waals surface area contributed by atoms with Crippen LogP contribution in [0.4, 0.5) is 0 Å². The molecule has 1 heterocycles. The molecule has 0 aromatic heterocycles. The van der Waals surface area contributed by atoms with Crippen LogP contribution in [-0.2, 0) is 19.6 Å². The van der Waals surface area contributed by atoms with Gasteiger partial charge in [0.05, 0.1) is 19.4 Å². The molecule has 7 heteroatoms. The van der Waals surface area contributed by atoms with Gasteiger partial charge in [0.2, 0.25) is 10.0 Å². The van der Waals surface area contributed by atoms with Gasteiger partial charge in [-0.05, 0) is 6.42 Å². The van der Waals surface area contributed by atoms with Crippen LogP contribution < -0.4 is 0 Å². The third-order valence-corrected chi connectivity index (χ3v) is 4.22. The monoisotopic (exact) mass is 278 g/mol. The fourth-order valence-electron chi connectivity index (χ4n) is 1.78. The summed E-state index contributed by atoms with van der Waals surface area (Å²) in [7, 11) is -3.10. The molecular formula is C11H22N2O4S. The summed E-state index contributed by atoms with van der Waals surface area (Å²) < 4.78 is 29.1. The highest BCUT2D eigenvalue weighted by molar-refractivity contribution is 7.88. The van der Waals surface area contributed by atoms with Crippen LogP contribution in [0, 0.1) is 0 Å². The number of nitrogens with zero attached hydrogens (tertiary/aromatic N) is 2. The van der Waals surface area contributed by atoms with E-state index in [-0.39, 0.29) is 12.5 Å². The van der Waals surface area contributed by atoms with Gasteiger partial charge >= 0.3 is 5.97 Å². The second-order valence-corrected chi connectivity index (χ2v) is 6.49. The summed E-state index contributed by atoms with van der Waals surface area (Å²) >= 11 is 0. The highest BCUT2D eigenvalue weighted by atomic mass is 32.2. The fourth-order valence-corrected chi connectivity index (χ4v) is 2.60. The lowest BCUT2D eigenvalue weighted by atomic mass is 10.3. The molecule has 0 atom stereocenters. The highest BCUT2D eigenvalue weighted by Gasteiger charge is 2.24. The third kappa shape index (κ3) is 5.32. The van der Waals surface area contributed by atoms with E-state index in [9.17, 15) is 13.2 Å². The zero-order valence-corrected chi connectivity index (χ0v) is 11.9. The first-order chi connectivity index (χ1) is 8.43. The molecule has 0 N–H and O–H groups in total. The largest absolute Gasteiger partial charge is 0.465 e. The summed E-state index contributed by atoms with van der Waals surface area (Å²) in [5.74, 6) is -0.226. The van der Waals surface area contributed by atoms with E-state index < -0.39 is 10.0 Å². The lowest BCUT2D eigenvalue weighted by Gasteiger charge is -2.32. The van der Waals surface area contributed by atoms with Crippen molar-refractivity contribution in [3.8, 4) is 0 Å². The van der Waals surface area contributed by atoms with Gasteiger partial charge in [0.15, 0.2) is 0 Å². The Morgan fingerprint density at radius 2 is 1.83 bits per heavy atom. The first-order valence-electron chi connectivity index (χ1n) is 6.26. The van der Waals surface area contributed by atoms with Crippen molar-refractivity contribution in [2.45, 2.75) is 19.8 Å². The first kappa shape index (κ1) is 15.4. The lowest BCUT2D eigenvalue weighted by Crippen LogP contribution is -2.49. The van der Waals surface area contributed by atoms with E-state index in [0.29, 0.717) is 32.8 Å². The molecule has 0 aromatic rings. The standard InChI is InChI=1S/C11H22N2O4S/c1-3-4-9-17-11(14)10-12-5-7-13(8-6-12)18(2,15)16/h3-10H2,1-2H3. The van der Waals surface area contributed by atoms with Crippen molar-refractivity contribution >= 4 is 16.0 Å². The van der Waals surface area contributed by atoms with Gasteiger partial charge in [0.1, 0.15) is 0 Å². The first-order valence-corrected chi connectivity index (χ1v) is 8.11. The zero-order chi connectivity index (χ0) is 13.6. The maximum Gasteiger partial charge on any atom is 0.320 e. The molecule has 1 saturated heterocycles. The summed E-state index contributed by atoms with van der Waals surface area (Å²) in [5, 5.41) is 0. The van der Waals surface area contributed by atoms with Gasteiger partial charge in [-0.15, -0.1) is 0 Å². The minimum atomic E-state index is -3.10. The predicted octanol–water partition coefficient (Wildman–Crippen LogP) is -0.0931. The summed E-state index contributed by atoms with van der Waals surface area (Å²) in [6, 6.07) is 0. The molecule has 0 amide bonds.